The van der Waals surface area contributed by atoms with Crippen LogP contribution >= 0.6 is 35.4 Å². The smallest absolute Gasteiger partial charge is 0.229 e. The lowest BCUT2D eigenvalue weighted by molar-refractivity contribution is 0.439. The van der Waals surface area contributed by atoms with Crippen LogP contribution in [0.25, 0.3) is 11.3 Å². The van der Waals surface area contributed by atoms with Gasteiger partial charge in [-0.2, -0.15) is 0 Å². The van der Waals surface area contributed by atoms with Crippen molar-refractivity contribution in [3.63, 3.8) is 0 Å². The Bertz CT molecular complexity index is 1590. The van der Waals surface area contributed by atoms with E-state index in [1.807, 2.05) is 60.4 Å². The number of aryl methyl sites for hydroxylation is 1. The highest BCUT2D eigenvalue weighted by Crippen LogP contribution is 2.44. The Morgan fingerprint density at radius 3 is 2.57 bits per heavy atom. The van der Waals surface area contributed by atoms with E-state index in [9.17, 15) is 8.42 Å². The van der Waals surface area contributed by atoms with E-state index in [4.69, 9.17) is 39.8 Å². The van der Waals surface area contributed by atoms with Gasteiger partial charge in [0.25, 0.3) is 0 Å². The van der Waals surface area contributed by atoms with Crippen LogP contribution in [0.2, 0.25) is 10.0 Å². The first kappa shape index (κ1) is 25.5. The monoisotopic (exact) mass is 572 g/mol. The van der Waals surface area contributed by atoms with Gasteiger partial charge >= 0.3 is 0 Å². The molecule has 0 aliphatic carbocycles. The van der Waals surface area contributed by atoms with Crippen LogP contribution in [0.4, 0.5) is 11.4 Å². The van der Waals surface area contributed by atoms with Crippen molar-refractivity contribution < 1.29 is 12.8 Å². The Kier molecular flexibility index (Phi) is 6.89. The molecule has 3 heterocycles. The number of hydrogen-bond donors (Lipinski definition) is 2. The van der Waals surface area contributed by atoms with Crippen LogP contribution in [0.5, 0.6) is 0 Å². The SMILES string of the molecule is Cc1cc(N2C(=S)NC(c3ccccn3)C2c2ccc(-c3ccc(Cl)cc3Cl)o2)ccc1NS(C)(=O)=O. The zero-order valence-corrected chi connectivity index (χ0v) is 22.9. The summed E-state index contributed by atoms with van der Waals surface area (Å²) < 4.78 is 32.4. The molecule has 11 heteroatoms. The Morgan fingerprint density at radius 1 is 1.08 bits per heavy atom. The molecule has 0 amide bonds. The maximum atomic E-state index is 11.8. The van der Waals surface area contributed by atoms with E-state index in [0.29, 0.717) is 32.4 Å². The first-order valence-electron chi connectivity index (χ1n) is 11.2. The van der Waals surface area contributed by atoms with Gasteiger partial charge in [-0.3, -0.25) is 9.71 Å². The van der Waals surface area contributed by atoms with Crippen molar-refractivity contribution in [2.24, 2.45) is 0 Å². The number of pyridine rings is 1. The summed E-state index contributed by atoms with van der Waals surface area (Å²) in [6, 6.07) is 19.5. The van der Waals surface area contributed by atoms with Gasteiger partial charge in [-0.05, 0) is 85.4 Å². The van der Waals surface area contributed by atoms with Crippen molar-refractivity contribution in [1.82, 2.24) is 10.3 Å². The molecule has 7 nitrogen and oxygen atoms in total. The van der Waals surface area contributed by atoms with E-state index in [1.54, 1.807) is 24.4 Å². The van der Waals surface area contributed by atoms with Crippen LogP contribution in [-0.4, -0.2) is 24.8 Å². The fourth-order valence-corrected chi connectivity index (χ4v) is 5.86. The third-order valence-electron chi connectivity index (χ3n) is 6.00. The molecular formula is C26H22Cl2N4O3S2. The van der Waals surface area contributed by atoms with Gasteiger partial charge in [0.05, 0.1) is 28.7 Å². The quantitative estimate of drug-likeness (QED) is 0.255. The van der Waals surface area contributed by atoms with Crippen molar-refractivity contribution in [2.45, 2.75) is 19.0 Å². The summed E-state index contributed by atoms with van der Waals surface area (Å²) in [6.45, 7) is 1.84. The van der Waals surface area contributed by atoms with Gasteiger partial charge in [-0.1, -0.05) is 29.3 Å². The topological polar surface area (TPSA) is 87.5 Å². The summed E-state index contributed by atoms with van der Waals surface area (Å²) in [7, 11) is -3.41. The normalized spacial score (nSPS) is 17.6. The van der Waals surface area contributed by atoms with E-state index in [-0.39, 0.29) is 12.1 Å². The molecule has 2 aromatic carbocycles. The number of thiocarbonyl (C=S) groups is 1. The Balaban J connectivity index is 1.59. The number of furan rings is 1. The van der Waals surface area contributed by atoms with E-state index >= 15 is 0 Å². The van der Waals surface area contributed by atoms with Gasteiger partial charge in [0.1, 0.15) is 17.6 Å². The highest BCUT2D eigenvalue weighted by atomic mass is 35.5. The van der Waals surface area contributed by atoms with Crippen LogP contribution < -0.4 is 14.9 Å². The zero-order chi connectivity index (χ0) is 26.3. The average Bonchev–Trinajstić information content (AvgIpc) is 3.45. The zero-order valence-electron chi connectivity index (χ0n) is 19.8. The molecule has 1 aliphatic heterocycles. The van der Waals surface area contributed by atoms with E-state index < -0.39 is 10.0 Å². The lowest BCUT2D eigenvalue weighted by Crippen LogP contribution is -2.29. The van der Waals surface area contributed by atoms with Gasteiger partial charge in [-0.25, -0.2) is 8.42 Å². The van der Waals surface area contributed by atoms with Crippen molar-refractivity contribution in [2.75, 3.05) is 15.9 Å². The molecule has 1 saturated heterocycles. The number of sulfonamides is 1. The molecule has 0 saturated carbocycles. The van der Waals surface area contributed by atoms with Crippen LogP contribution in [-0.2, 0) is 10.0 Å². The first-order valence-corrected chi connectivity index (χ1v) is 14.3. The summed E-state index contributed by atoms with van der Waals surface area (Å²) >= 11 is 18.3. The van der Waals surface area contributed by atoms with Crippen molar-refractivity contribution in [1.29, 1.82) is 0 Å². The number of nitrogens with one attached hydrogen (secondary N) is 2. The minimum Gasteiger partial charge on any atom is -0.459 e. The van der Waals surface area contributed by atoms with Gasteiger partial charge in [0, 0.05) is 22.5 Å². The molecule has 2 N–H and O–H groups in total. The lowest BCUT2D eigenvalue weighted by atomic mass is 10.0. The van der Waals surface area contributed by atoms with Crippen LogP contribution in [0, 0.1) is 6.92 Å². The minimum atomic E-state index is -3.41. The molecule has 1 fully saturated rings. The van der Waals surface area contributed by atoms with Crippen LogP contribution in [0.1, 0.15) is 29.1 Å². The predicted molar refractivity (Wildman–Crippen MR) is 152 cm³/mol. The number of aromatic nitrogens is 1. The highest BCUT2D eigenvalue weighted by molar-refractivity contribution is 7.92. The summed E-state index contributed by atoms with van der Waals surface area (Å²) in [4.78, 5) is 6.51. The standard InChI is InChI=1S/C26H22Cl2N4O3S2/c1-15-13-17(7-9-20(15)31-37(2,33)34)32-25(24(30-26(32)36)21-5-3-4-12-29-21)23-11-10-22(35-23)18-8-6-16(27)14-19(18)28/h3-14,24-25,31H,1-2H3,(H,30,36). The molecule has 2 atom stereocenters. The fourth-order valence-electron chi connectivity index (χ4n) is 4.38. The Hall–Kier alpha value is -3.11. The first-order chi connectivity index (χ1) is 17.6. The molecule has 37 heavy (non-hydrogen) atoms. The molecule has 190 valence electrons. The number of halogens is 2. The molecule has 5 rings (SSSR count). The predicted octanol–water partition coefficient (Wildman–Crippen LogP) is 6.51. The fraction of sp³-hybridized carbons (Fsp3) is 0.154. The molecule has 2 unspecified atom stereocenters. The van der Waals surface area contributed by atoms with Gasteiger partial charge < -0.3 is 14.6 Å². The molecule has 2 aromatic heterocycles. The Morgan fingerprint density at radius 2 is 1.89 bits per heavy atom. The number of hydrogen-bond acceptors (Lipinski definition) is 5. The third-order valence-corrected chi connectivity index (χ3v) is 7.45. The summed E-state index contributed by atoms with van der Waals surface area (Å²) in [5.74, 6) is 1.25. The molecule has 0 spiro atoms. The average molecular weight is 574 g/mol. The second-order valence-electron chi connectivity index (χ2n) is 8.70. The molecular weight excluding hydrogens is 551 g/mol. The number of benzene rings is 2. The van der Waals surface area contributed by atoms with Crippen molar-refractivity contribution in [3.05, 3.63) is 100.0 Å². The summed E-state index contributed by atoms with van der Waals surface area (Å²) in [5.41, 5.74) is 3.55. The molecule has 4 aromatic rings. The van der Waals surface area contributed by atoms with Crippen LogP contribution in [0.15, 0.2) is 77.3 Å². The second kappa shape index (κ2) is 9.98. The van der Waals surface area contributed by atoms with Crippen LogP contribution in [0.3, 0.4) is 0 Å². The number of nitrogens with zero attached hydrogens (tertiary/aromatic N) is 2. The molecule has 1 aliphatic rings. The van der Waals surface area contributed by atoms with Gasteiger partial charge in [0.15, 0.2) is 5.11 Å². The summed E-state index contributed by atoms with van der Waals surface area (Å²) in [5, 5.41) is 4.90. The number of anilines is 2. The highest BCUT2D eigenvalue weighted by Gasteiger charge is 2.42. The van der Waals surface area contributed by atoms with E-state index in [2.05, 4.69) is 15.0 Å². The molecule has 0 radical (unpaired) electrons. The molecule has 0 bridgehead atoms. The Labute approximate surface area is 230 Å². The maximum Gasteiger partial charge on any atom is 0.229 e. The van der Waals surface area contributed by atoms with Gasteiger partial charge in [0.2, 0.25) is 10.0 Å². The second-order valence-corrected chi connectivity index (χ2v) is 11.7. The van der Waals surface area contributed by atoms with Crippen molar-refractivity contribution >= 4 is 61.9 Å². The summed E-state index contributed by atoms with van der Waals surface area (Å²) in [6.07, 6.45) is 2.85. The minimum absolute atomic E-state index is 0.303. The third kappa shape index (κ3) is 5.31. The van der Waals surface area contributed by atoms with Gasteiger partial charge in [-0.15, -0.1) is 0 Å². The van der Waals surface area contributed by atoms with E-state index in [1.165, 1.54) is 0 Å². The number of rotatable bonds is 6. The van der Waals surface area contributed by atoms with E-state index in [0.717, 1.165) is 28.8 Å². The maximum absolute atomic E-state index is 11.8. The van der Waals surface area contributed by atoms with Crippen molar-refractivity contribution in [3.8, 4) is 11.3 Å². The largest absolute Gasteiger partial charge is 0.459 e. The lowest BCUT2D eigenvalue weighted by Gasteiger charge is -2.26.